The minimum Gasteiger partial charge on any atom is -0.481 e. The fourth-order valence-electron chi connectivity index (χ4n) is 1.80. The summed E-state index contributed by atoms with van der Waals surface area (Å²) >= 11 is 6.12. The van der Waals surface area contributed by atoms with Gasteiger partial charge in [-0.05, 0) is 23.6 Å². The van der Waals surface area contributed by atoms with Gasteiger partial charge in [-0.3, -0.25) is 4.79 Å². The summed E-state index contributed by atoms with van der Waals surface area (Å²) in [5.74, 6) is -0.773. The van der Waals surface area contributed by atoms with Crippen LogP contribution in [0.4, 0.5) is 0 Å². The van der Waals surface area contributed by atoms with E-state index in [0.717, 1.165) is 21.7 Å². The van der Waals surface area contributed by atoms with Gasteiger partial charge in [0.15, 0.2) is 0 Å². The van der Waals surface area contributed by atoms with Crippen LogP contribution >= 0.6 is 11.6 Å². The van der Waals surface area contributed by atoms with Gasteiger partial charge in [-0.25, -0.2) is 0 Å². The molecule has 0 aromatic heterocycles. The van der Waals surface area contributed by atoms with Gasteiger partial charge < -0.3 is 5.11 Å². The first kappa shape index (κ1) is 12.7. The van der Waals surface area contributed by atoms with Crippen molar-refractivity contribution in [1.29, 1.82) is 0 Å². The molecule has 0 unspecified atom stereocenters. The molecule has 2 rings (SSSR count). The van der Waals surface area contributed by atoms with Gasteiger partial charge in [-0.15, -0.1) is 0 Å². The van der Waals surface area contributed by atoms with Crippen LogP contribution in [0.1, 0.15) is 12.0 Å². The Hall–Kier alpha value is -1.80. The second-order valence-electron chi connectivity index (χ2n) is 4.07. The van der Waals surface area contributed by atoms with Gasteiger partial charge in [0.05, 0.1) is 0 Å². The number of carboxylic acid groups (broad SMARTS) is 1. The first-order valence-electron chi connectivity index (χ1n) is 5.72. The van der Waals surface area contributed by atoms with E-state index in [-0.39, 0.29) is 6.42 Å². The maximum absolute atomic E-state index is 10.5. The molecule has 2 nitrogen and oxygen atoms in total. The molecular formula is C15H13ClO2. The molecule has 2 aromatic rings. The van der Waals surface area contributed by atoms with Crippen molar-refractivity contribution in [2.24, 2.45) is 0 Å². The Kier molecular flexibility index (Phi) is 4.00. The molecule has 3 heteroatoms. The summed E-state index contributed by atoms with van der Waals surface area (Å²) in [7, 11) is 0. The third-order valence-electron chi connectivity index (χ3n) is 2.77. The minimum atomic E-state index is -0.773. The molecule has 0 aliphatic rings. The van der Waals surface area contributed by atoms with E-state index in [0.29, 0.717) is 6.42 Å². The third kappa shape index (κ3) is 3.11. The molecule has 0 heterocycles. The molecule has 0 amide bonds. The van der Waals surface area contributed by atoms with Crippen molar-refractivity contribution in [1.82, 2.24) is 0 Å². The zero-order valence-corrected chi connectivity index (χ0v) is 10.5. The first-order valence-corrected chi connectivity index (χ1v) is 6.10. The molecule has 0 saturated heterocycles. The number of hydrogen-bond donors (Lipinski definition) is 1. The molecule has 0 fully saturated rings. The third-order valence-corrected chi connectivity index (χ3v) is 3.10. The topological polar surface area (TPSA) is 37.3 Å². The van der Waals surface area contributed by atoms with Gasteiger partial charge in [-0.1, -0.05) is 54.1 Å². The minimum absolute atomic E-state index is 0.158. The van der Waals surface area contributed by atoms with Crippen molar-refractivity contribution in [3.8, 4) is 11.1 Å². The van der Waals surface area contributed by atoms with Gasteiger partial charge in [0.25, 0.3) is 0 Å². The summed E-state index contributed by atoms with van der Waals surface area (Å²) in [6.45, 7) is 0. The maximum atomic E-state index is 10.5. The highest BCUT2D eigenvalue weighted by Gasteiger charge is 2.03. The van der Waals surface area contributed by atoms with Gasteiger partial charge in [0, 0.05) is 17.0 Å². The van der Waals surface area contributed by atoms with Crippen molar-refractivity contribution in [2.75, 3.05) is 0 Å². The number of benzene rings is 2. The number of aryl methyl sites for hydroxylation is 1. The average Bonchev–Trinajstić information content (AvgIpc) is 2.38. The second-order valence-corrected chi connectivity index (χ2v) is 4.48. The fraction of sp³-hybridized carbons (Fsp3) is 0.133. The van der Waals surface area contributed by atoms with E-state index in [1.165, 1.54) is 0 Å². The second kappa shape index (κ2) is 5.69. The number of aliphatic carboxylic acids is 1. The fourth-order valence-corrected chi connectivity index (χ4v) is 2.04. The summed E-state index contributed by atoms with van der Waals surface area (Å²) in [6.07, 6.45) is 0.712. The Morgan fingerprint density at radius 3 is 2.33 bits per heavy atom. The van der Waals surface area contributed by atoms with Crippen molar-refractivity contribution < 1.29 is 9.90 Å². The number of rotatable bonds is 4. The lowest BCUT2D eigenvalue weighted by molar-refractivity contribution is -0.136. The van der Waals surface area contributed by atoms with Crippen molar-refractivity contribution in [3.63, 3.8) is 0 Å². The molecule has 92 valence electrons. The molecule has 18 heavy (non-hydrogen) atoms. The summed E-state index contributed by atoms with van der Waals surface area (Å²) in [4.78, 5) is 10.5. The molecule has 1 N–H and O–H groups in total. The predicted molar refractivity (Wildman–Crippen MR) is 72.8 cm³/mol. The van der Waals surface area contributed by atoms with Crippen LogP contribution in [0.15, 0.2) is 48.5 Å². The number of carboxylic acids is 1. The highest BCUT2D eigenvalue weighted by molar-refractivity contribution is 6.33. The molecule has 0 radical (unpaired) electrons. The van der Waals surface area contributed by atoms with Crippen LogP contribution < -0.4 is 0 Å². The van der Waals surface area contributed by atoms with E-state index in [2.05, 4.69) is 0 Å². The summed E-state index contributed by atoms with van der Waals surface area (Å²) in [5.41, 5.74) is 3.05. The van der Waals surface area contributed by atoms with Crippen LogP contribution in [0.2, 0.25) is 5.02 Å². The van der Waals surface area contributed by atoms with Gasteiger partial charge >= 0.3 is 5.97 Å². The van der Waals surface area contributed by atoms with Crippen molar-refractivity contribution in [3.05, 3.63) is 59.1 Å². The Labute approximate surface area is 111 Å². The first-order chi connectivity index (χ1) is 8.66. The normalized spacial score (nSPS) is 10.3. The highest BCUT2D eigenvalue weighted by atomic mass is 35.5. The Morgan fingerprint density at radius 1 is 1.06 bits per heavy atom. The highest BCUT2D eigenvalue weighted by Crippen LogP contribution is 2.27. The number of carbonyl (C=O) groups is 1. The predicted octanol–water partition coefficient (Wildman–Crippen LogP) is 4.02. The summed E-state index contributed by atoms with van der Waals surface area (Å²) in [6, 6.07) is 15.5. The van der Waals surface area contributed by atoms with Gasteiger partial charge in [0.2, 0.25) is 0 Å². The van der Waals surface area contributed by atoms with E-state index < -0.39 is 5.97 Å². The molecule has 0 spiro atoms. The lowest BCUT2D eigenvalue weighted by atomic mass is 10.0. The summed E-state index contributed by atoms with van der Waals surface area (Å²) in [5, 5.41) is 9.34. The van der Waals surface area contributed by atoms with E-state index in [1.807, 2.05) is 48.5 Å². The van der Waals surface area contributed by atoms with Crippen LogP contribution in [-0.2, 0) is 11.2 Å². The molecule has 0 aliphatic carbocycles. The van der Waals surface area contributed by atoms with Gasteiger partial charge in [0.1, 0.15) is 0 Å². The SMILES string of the molecule is O=C(O)CCc1ccc(-c2ccccc2Cl)cc1. The van der Waals surface area contributed by atoms with Crippen molar-refractivity contribution in [2.45, 2.75) is 12.8 Å². The van der Waals surface area contributed by atoms with Gasteiger partial charge in [-0.2, -0.15) is 0 Å². The lowest BCUT2D eigenvalue weighted by Crippen LogP contribution is -1.97. The van der Waals surface area contributed by atoms with E-state index >= 15 is 0 Å². The molecular weight excluding hydrogens is 248 g/mol. The van der Waals surface area contributed by atoms with Crippen molar-refractivity contribution >= 4 is 17.6 Å². The van der Waals surface area contributed by atoms with Crippen LogP contribution in [-0.4, -0.2) is 11.1 Å². The molecule has 0 atom stereocenters. The number of hydrogen-bond acceptors (Lipinski definition) is 1. The molecule has 0 bridgehead atoms. The zero-order valence-electron chi connectivity index (χ0n) is 9.77. The quantitative estimate of drug-likeness (QED) is 0.901. The van der Waals surface area contributed by atoms with Crippen LogP contribution in [0.5, 0.6) is 0 Å². The van der Waals surface area contributed by atoms with E-state index in [4.69, 9.17) is 16.7 Å². The lowest BCUT2D eigenvalue weighted by Gasteiger charge is -2.05. The standard InChI is InChI=1S/C15H13ClO2/c16-14-4-2-1-3-13(14)12-8-5-11(6-9-12)7-10-15(17)18/h1-6,8-9H,7,10H2,(H,17,18). The van der Waals surface area contributed by atoms with E-state index in [9.17, 15) is 4.79 Å². The van der Waals surface area contributed by atoms with Crippen LogP contribution in [0.25, 0.3) is 11.1 Å². The summed E-state index contributed by atoms with van der Waals surface area (Å²) < 4.78 is 0. The average molecular weight is 261 g/mol. The largest absolute Gasteiger partial charge is 0.481 e. The number of halogens is 1. The smallest absolute Gasteiger partial charge is 0.303 e. The zero-order chi connectivity index (χ0) is 13.0. The van der Waals surface area contributed by atoms with Crippen LogP contribution in [0.3, 0.4) is 0 Å². The Morgan fingerprint density at radius 2 is 1.72 bits per heavy atom. The molecule has 0 aliphatic heterocycles. The van der Waals surface area contributed by atoms with Crippen LogP contribution in [0, 0.1) is 0 Å². The Balaban J connectivity index is 2.17. The Bertz CT molecular complexity index is 547. The van der Waals surface area contributed by atoms with E-state index in [1.54, 1.807) is 0 Å². The monoisotopic (exact) mass is 260 g/mol. The molecule has 2 aromatic carbocycles. The molecule has 0 saturated carbocycles. The maximum Gasteiger partial charge on any atom is 0.303 e.